The van der Waals surface area contributed by atoms with Gasteiger partial charge in [-0.15, -0.1) is 29.7 Å². The first-order chi connectivity index (χ1) is 39.3. The van der Waals surface area contributed by atoms with Gasteiger partial charge in [-0.3, -0.25) is 4.57 Å². The van der Waals surface area contributed by atoms with Gasteiger partial charge < -0.3 is 18.4 Å². The SMILES string of the molecule is [2H]c1c([2H])c([2H])c2c(c1[2H])-c1cc(C(C)(C)C)cc(-n3c4ccccc4c4ccccc43)c1-[n+]1[c-]n(-c3[c-]c(Oc4[c-]c5c(cc4)c4ccccc4n5-c4cc(C(C)(C)C)ccn4)ccc3)c3cccc(c31)-c1c([2H])c([2H])c([2H])c([2H])c1-2.[Pt]. The predicted octanol–water partition coefficient (Wildman–Crippen LogP) is 16.6. The van der Waals surface area contributed by atoms with Crippen LogP contribution in [0.3, 0.4) is 0 Å². The maximum Gasteiger partial charge on any atom is 0.268 e. The Balaban J connectivity index is 0.00000645. The quantitative estimate of drug-likeness (QED) is 0.127. The summed E-state index contributed by atoms with van der Waals surface area (Å²) in [5.41, 5.74) is 8.59. The Morgan fingerprint density at radius 2 is 1.07 bits per heavy atom. The minimum Gasteiger partial charge on any atom is -0.510 e. The summed E-state index contributed by atoms with van der Waals surface area (Å²) in [6.07, 6.45) is 5.59. The predicted molar refractivity (Wildman–Crippen MR) is 302 cm³/mol. The molecule has 0 bridgehead atoms. The molecule has 5 heterocycles. The monoisotopic (exact) mass is 1160 g/mol. The first-order valence-corrected chi connectivity index (χ1v) is 24.8. The van der Waals surface area contributed by atoms with E-state index in [2.05, 4.69) is 124 Å². The molecule has 1 aliphatic rings. The Morgan fingerprint density at radius 3 is 1.72 bits per heavy atom. The van der Waals surface area contributed by atoms with E-state index in [1.165, 1.54) is 0 Å². The van der Waals surface area contributed by atoms with Crippen LogP contribution in [0, 0.1) is 18.5 Å². The van der Waals surface area contributed by atoms with Crippen molar-refractivity contribution in [3.05, 3.63) is 230 Å². The van der Waals surface area contributed by atoms with Gasteiger partial charge in [-0.2, -0.15) is 18.2 Å². The molecule has 0 radical (unpaired) electrons. The number of benzene rings is 9. The number of hydrogen-bond acceptors (Lipinski definition) is 2. The average molecular weight is 1160 g/mol. The van der Waals surface area contributed by atoms with Gasteiger partial charge in [-0.05, 0) is 103 Å². The minimum atomic E-state index is -0.532. The minimum absolute atomic E-state index is 0. The summed E-state index contributed by atoms with van der Waals surface area (Å²) in [4.78, 5) is 4.86. The summed E-state index contributed by atoms with van der Waals surface area (Å²) in [6, 6.07) is 51.5. The van der Waals surface area contributed by atoms with Gasteiger partial charge in [0, 0.05) is 55.1 Å². The number of aromatic nitrogens is 5. The van der Waals surface area contributed by atoms with E-state index in [4.69, 9.17) is 13.8 Å². The van der Waals surface area contributed by atoms with Crippen molar-refractivity contribution in [3.8, 4) is 67.8 Å². The Hall–Kier alpha value is -8.31. The zero-order valence-electron chi connectivity index (χ0n) is 49.9. The van der Waals surface area contributed by atoms with Crippen LogP contribution in [-0.4, -0.2) is 18.7 Å². The van der Waals surface area contributed by atoms with Gasteiger partial charge >= 0.3 is 0 Å². The number of rotatable bonds is 5. The number of pyridine rings is 1. The molecule has 14 rings (SSSR count). The largest absolute Gasteiger partial charge is 0.510 e. The van der Waals surface area contributed by atoms with Gasteiger partial charge in [-0.25, -0.2) is 4.98 Å². The van der Waals surface area contributed by atoms with Crippen LogP contribution in [0.25, 0.3) is 111 Å². The number of imidazole rings is 1. The molecule has 1 aliphatic heterocycles. The summed E-state index contributed by atoms with van der Waals surface area (Å²) in [5.74, 6) is 1.60. The molecule has 0 saturated carbocycles. The van der Waals surface area contributed by atoms with E-state index in [0.717, 1.165) is 60.6 Å². The fourth-order valence-electron chi connectivity index (χ4n) is 10.9. The zero-order valence-corrected chi connectivity index (χ0v) is 44.2. The van der Waals surface area contributed by atoms with Gasteiger partial charge in [0.15, 0.2) is 0 Å². The number of nitrogens with zero attached hydrogens (tertiary/aromatic N) is 5. The van der Waals surface area contributed by atoms with Crippen LogP contribution in [0.15, 0.2) is 200 Å². The molecule has 0 fully saturated rings. The second-order valence-electron chi connectivity index (χ2n) is 21.0. The molecule has 4 aromatic heterocycles. The Bertz CT molecular complexity index is 4880. The number of para-hydroxylation sites is 4. The second kappa shape index (κ2) is 17.4. The molecule has 0 N–H and O–H groups in total. The molecule has 7 heteroatoms. The molecule has 13 aromatic rings. The van der Waals surface area contributed by atoms with Crippen molar-refractivity contribution in [1.82, 2.24) is 18.7 Å². The standard InChI is InChI=1S/C68H51N5O.Pt/c1-67(2,3)43-35-36-69-64(39-43)73-60-31-16-13-27-54(60)55-34-33-47(41-62(55)73)74-46-20-17-19-45(40-46)70-42-71-65-56(28-18-32-61(65)70)50-23-9-7-21-48(50)49-22-8-10-24-51(49)57-37-44(68(4,5)6)38-63(66(57)71)72-58-29-14-11-25-52(58)53-26-12-15-30-59(53)72;/h7-39H,1-6H3;/q-2;/i7D,8D,9D,10D,21D,22D,23D,24D;. The number of ether oxygens (including phenoxy) is 1. The number of fused-ring (bicyclic) bond motifs is 13. The fourth-order valence-corrected chi connectivity index (χ4v) is 10.9. The third kappa shape index (κ3) is 7.41. The molecule has 0 aliphatic carbocycles. The average Bonchev–Trinajstić information content (AvgIpc) is 3.88. The summed E-state index contributed by atoms with van der Waals surface area (Å²) in [7, 11) is 0. The van der Waals surface area contributed by atoms with E-state index in [-0.39, 0.29) is 60.8 Å². The Morgan fingerprint density at radius 1 is 0.507 bits per heavy atom. The van der Waals surface area contributed by atoms with Crippen LogP contribution in [0.1, 0.15) is 63.6 Å². The third-order valence-electron chi connectivity index (χ3n) is 14.5. The van der Waals surface area contributed by atoms with Crippen LogP contribution in [0.4, 0.5) is 0 Å². The maximum atomic E-state index is 9.96. The summed E-state index contributed by atoms with van der Waals surface area (Å²) in [5, 5.41) is 4.05. The van der Waals surface area contributed by atoms with Crippen molar-refractivity contribution in [2.24, 2.45) is 0 Å². The first kappa shape index (κ1) is 38.3. The molecular formula is C68H51N5OPt-2. The van der Waals surface area contributed by atoms with Gasteiger partial charge in [0.25, 0.3) is 6.33 Å². The van der Waals surface area contributed by atoms with Crippen molar-refractivity contribution < 1.29 is 41.3 Å². The molecule has 0 unspecified atom stereocenters. The van der Waals surface area contributed by atoms with Gasteiger partial charge in [0.05, 0.1) is 44.4 Å². The van der Waals surface area contributed by atoms with E-state index in [0.29, 0.717) is 50.7 Å². The third-order valence-corrected chi connectivity index (χ3v) is 14.5. The molecule has 366 valence electrons. The van der Waals surface area contributed by atoms with Crippen LogP contribution in [0.5, 0.6) is 11.5 Å². The van der Waals surface area contributed by atoms with Gasteiger partial charge in [0.1, 0.15) is 5.82 Å². The van der Waals surface area contributed by atoms with Crippen molar-refractivity contribution in [1.29, 1.82) is 0 Å². The van der Waals surface area contributed by atoms with E-state index in [9.17, 15) is 6.85 Å². The fraction of sp³-hybridized carbons (Fsp3) is 0.118. The van der Waals surface area contributed by atoms with E-state index in [1.807, 2.05) is 100 Å². The van der Waals surface area contributed by atoms with E-state index < -0.39 is 41.7 Å². The van der Waals surface area contributed by atoms with Crippen LogP contribution in [0.2, 0.25) is 0 Å². The van der Waals surface area contributed by atoms with Gasteiger partial charge in [0.2, 0.25) is 0 Å². The molecule has 0 amide bonds. The van der Waals surface area contributed by atoms with E-state index >= 15 is 0 Å². The summed E-state index contributed by atoms with van der Waals surface area (Å²) < 4.78 is 90.8. The molecule has 0 atom stereocenters. The number of hydrogen-bond donors (Lipinski definition) is 0. The van der Waals surface area contributed by atoms with Crippen molar-refractivity contribution in [3.63, 3.8) is 0 Å². The first-order valence-electron chi connectivity index (χ1n) is 28.8. The van der Waals surface area contributed by atoms with Crippen LogP contribution >= 0.6 is 0 Å². The normalized spacial score (nSPS) is 13.8. The summed E-state index contributed by atoms with van der Waals surface area (Å²) in [6.45, 7) is 12.8. The van der Waals surface area contributed by atoms with Crippen molar-refractivity contribution in [2.45, 2.75) is 52.4 Å². The molecule has 9 aromatic carbocycles. The summed E-state index contributed by atoms with van der Waals surface area (Å²) >= 11 is 0. The molecular weight excluding hydrogens is 1100 g/mol. The van der Waals surface area contributed by atoms with E-state index in [1.54, 1.807) is 6.07 Å². The maximum absolute atomic E-state index is 9.96. The smallest absolute Gasteiger partial charge is 0.268 e. The van der Waals surface area contributed by atoms with Crippen molar-refractivity contribution >= 4 is 54.6 Å². The topological polar surface area (TPSA) is 40.8 Å². The van der Waals surface area contributed by atoms with Gasteiger partial charge in [-0.1, -0.05) is 174 Å². The van der Waals surface area contributed by atoms with Crippen LogP contribution in [-0.2, 0) is 31.9 Å². The Kier molecular flexibility index (Phi) is 8.88. The second-order valence-corrected chi connectivity index (χ2v) is 21.0. The molecule has 6 nitrogen and oxygen atoms in total. The molecule has 75 heavy (non-hydrogen) atoms. The Labute approximate surface area is 462 Å². The van der Waals surface area contributed by atoms with Crippen molar-refractivity contribution in [2.75, 3.05) is 0 Å². The zero-order chi connectivity index (χ0) is 57.0. The van der Waals surface area contributed by atoms with Crippen LogP contribution < -0.4 is 9.30 Å². The molecule has 0 saturated heterocycles. The molecule has 0 spiro atoms.